The molecule has 0 saturated carbocycles. The summed E-state index contributed by atoms with van der Waals surface area (Å²) in [4.78, 5) is 0.168. The van der Waals surface area contributed by atoms with E-state index in [1.807, 2.05) is 6.07 Å². The molecule has 0 atom stereocenters. The Labute approximate surface area is 160 Å². The van der Waals surface area contributed by atoms with E-state index in [1.54, 1.807) is 26.0 Å². The molecular formula is C18H21N3O4S2. The third kappa shape index (κ3) is 4.93. The summed E-state index contributed by atoms with van der Waals surface area (Å²) in [6.07, 6.45) is 0. The molecule has 0 saturated heterocycles. The zero-order valence-corrected chi connectivity index (χ0v) is 16.7. The fourth-order valence-corrected chi connectivity index (χ4v) is 5.01. The Balaban J connectivity index is 2.14. The Hall–Kier alpha value is -2.25. The van der Waals surface area contributed by atoms with Crippen LogP contribution in [0.5, 0.6) is 0 Å². The maximum absolute atomic E-state index is 12.5. The monoisotopic (exact) mass is 407 g/mol. The van der Waals surface area contributed by atoms with E-state index in [-0.39, 0.29) is 21.9 Å². The van der Waals surface area contributed by atoms with E-state index >= 15 is 0 Å². The van der Waals surface area contributed by atoms with Crippen LogP contribution in [0.1, 0.15) is 25.0 Å². The summed E-state index contributed by atoms with van der Waals surface area (Å²) >= 11 is 0. The van der Waals surface area contributed by atoms with Gasteiger partial charge in [-0.15, -0.1) is 0 Å². The van der Waals surface area contributed by atoms with Crippen molar-refractivity contribution >= 4 is 20.0 Å². The molecule has 144 valence electrons. The van der Waals surface area contributed by atoms with Gasteiger partial charge in [-0.3, -0.25) is 0 Å². The Morgan fingerprint density at radius 2 is 1.59 bits per heavy atom. The Kier molecular flexibility index (Phi) is 6.73. The van der Waals surface area contributed by atoms with Crippen molar-refractivity contribution in [1.29, 1.82) is 5.26 Å². The standard InChI is InChI=1S/C18H21N3O4S2/c1-3-21(4-2)27(24,25)17-10-8-15(9-11-17)14-20-26(22,23)18-7-5-6-16(12-18)13-19/h5-12,20H,3-4,14H2,1-2H3. The molecule has 0 unspecified atom stereocenters. The van der Waals surface area contributed by atoms with Crippen LogP contribution >= 0.6 is 0 Å². The third-order valence-corrected chi connectivity index (χ3v) is 7.47. The minimum Gasteiger partial charge on any atom is -0.207 e. The minimum absolute atomic E-state index is 0.00211. The van der Waals surface area contributed by atoms with Gasteiger partial charge in [-0.2, -0.15) is 9.57 Å². The van der Waals surface area contributed by atoms with Crippen molar-refractivity contribution in [2.45, 2.75) is 30.2 Å². The van der Waals surface area contributed by atoms with E-state index in [0.29, 0.717) is 18.7 Å². The van der Waals surface area contributed by atoms with Gasteiger partial charge in [0.25, 0.3) is 0 Å². The molecular weight excluding hydrogens is 386 g/mol. The summed E-state index contributed by atoms with van der Waals surface area (Å²) in [5.74, 6) is 0. The molecule has 0 radical (unpaired) electrons. The quantitative estimate of drug-likeness (QED) is 0.721. The van der Waals surface area contributed by atoms with Crippen molar-refractivity contribution in [2.24, 2.45) is 0 Å². The average Bonchev–Trinajstić information content (AvgIpc) is 2.67. The first-order valence-corrected chi connectivity index (χ1v) is 11.3. The highest BCUT2D eigenvalue weighted by atomic mass is 32.2. The summed E-state index contributed by atoms with van der Waals surface area (Å²) < 4.78 is 53.4. The van der Waals surface area contributed by atoms with Crippen LogP contribution in [0, 0.1) is 11.3 Å². The summed E-state index contributed by atoms with van der Waals surface area (Å²) in [5, 5.41) is 8.88. The van der Waals surface area contributed by atoms with Crippen LogP contribution in [-0.2, 0) is 26.6 Å². The zero-order valence-electron chi connectivity index (χ0n) is 15.1. The lowest BCUT2D eigenvalue weighted by molar-refractivity contribution is 0.445. The second-order valence-electron chi connectivity index (χ2n) is 5.70. The number of sulfonamides is 2. The van der Waals surface area contributed by atoms with Gasteiger partial charge >= 0.3 is 0 Å². The fraction of sp³-hybridized carbons (Fsp3) is 0.278. The van der Waals surface area contributed by atoms with Gasteiger partial charge in [0.1, 0.15) is 0 Å². The molecule has 0 bridgehead atoms. The number of benzene rings is 2. The van der Waals surface area contributed by atoms with Crippen LogP contribution in [0.25, 0.3) is 0 Å². The maximum atomic E-state index is 12.5. The lowest BCUT2D eigenvalue weighted by Gasteiger charge is -2.18. The minimum atomic E-state index is -3.78. The van der Waals surface area contributed by atoms with Gasteiger partial charge in [0.15, 0.2) is 0 Å². The van der Waals surface area contributed by atoms with Crippen LogP contribution in [0.15, 0.2) is 58.3 Å². The lowest BCUT2D eigenvalue weighted by Crippen LogP contribution is -2.30. The van der Waals surface area contributed by atoms with E-state index in [0.717, 1.165) is 0 Å². The Morgan fingerprint density at radius 1 is 0.963 bits per heavy atom. The summed E-state index contributed by atoms with van der Waals surface area (Å²) in [6.45, 7) is 4.30. The summed E-state index contributed by atoms with van der Waals surface area (Å²) in [6, 6.07) is 13.7. The Bertz CT molecular complexity index is 1040. The molecule has 27 heavy (non-hydrogen) atoms. The summed E-state index contributed by atoms with van der Waals surface area (Å²) in [5.41, 5.74) is 0.873. The average molecular weight is 408 g/mol. The van der Waals surface area contributed by atoms with Crippen LogP contribution in [0.4, 0.5) is 0 Å². The third-order valence-electron chi connectivity index (χ3n) is 4.01. The van der Waals surface area contributed by atoms with Crippen molar-refractivity contribution in [2.75, 3.05) is 13.1 Å². The first-order valence-electron chi connectivity index (χ1n) is 8.33. The second-order valence-corrected chi connectivity index (χ2v) is 9.40. The van der Waals surface area contributed by atoms with Crippen LogP contribution in [0.3, 0.4) is 0 Å². The van der Waals surface area contributed by atoms with E-state index in [9.17, 15) is 16.8 Å². The number of rotatable bonds is 8. The van der Waals surface area contributed by atoms with Crippen LogP contribution < -0.4 is 4.72 Å². The van der Waals surface area contributed by atoms with Crippen molar-refractivity contribution < 1.29 is 16.8 Å². The molecule has 0 aliphatic rings. The highest BCUT2D eigenvalue weighted by Crippen LogP contribution is 2.17. The molecule has 2 aromatic carbocycles. The lowest BCUT2D eigenvalue weighted by atomic mass is 10.2. The highest BCUT2D eigenvalue weighted by molar-refractivity contribution is 7.89. The predicted octanol–water partition coefficient (Wildman–Crippen LogP) is 2.07. The smallest absolute Gasteiger partial charge is 0.207 e. The molecule has 0 aliphatic heterocycles. The topological polar surface area (TPSA) is 107 Å². The molecule has 7 nitrogen and oxygen atoms in total. The van der Waals surface area contributed by atoms with Crippen LogP contribution in [-0.4, -0.2) is 34.2 Å². The second kappa shape index (κ2) is 8.63. The number of hydrogen-bond donors (Lipinski definition) is 1. The number of nitrogens with one attached hydrogen (secondary N) is 1. The molecule has 0 heterocycles. The van der Waals surface area contributed by atoms with Gasteiger partial charge in [0, 0.05) is 19.6 Å². The summed E-state index contributed by atoms with van der Waals surface area (Å²) in [7, 11) is -7.33. The Morgan fingerprint density at radius 3 is 2.15 bits per heavy atom. The number of nitrogens with zero attached hydrogens (tertiary/aromatic N) is 2. The van der Waals surface area contributed by atoms with E-state index in [1.165, 1.54) is 40.7 Å². The largest absolute Gasteiger partial charge is 0.243 e. The van der Waals surface area contributed by atoms with Gasteiger partial charge in [0.2, 0.25) is 20.0 Å². The van der Waals surface area contributed by atoms with E-state index in [4.69, 9.17) is 5.26 Å². The van der Waals surface area contributed by atoms with Gasteiger partial charge in [-0.05, 0) is 35.9 Å². The van der Waals surface area contributed by atoms with Gasteiger partial charge in [-0.1, -0.05) is 32.0 Å². The highest BCUT2D eigenvalue weighted by Gasteiger charge is 2.21. The maximum Gasteiger partial charge on any atom is 0.243 e. The molecule has 0 aliphatic carbocycles. The molecule has 9 heteroatoms. The fourth-order valence-electron chi connectivity index (χ4n) is 2.49. The molecule has 1 N–H and O–H groups in total. The number of hydrogen-bond acceptors (Lipinski definition) is 5. The molecule has 2 rings (SSSR count). The van der Waals surface area contributed by atoms with Gasteiger partial charge in [0.05, 0.1) is 21.4 Å². The van der Waals surface area contributed by atoms with Crippen molar-refractivity contribution in [3.63, 3.8) is 0 Å². The van der Waals surface area contributed by atoms with Gasteiger partial charge < -0.3 is 0 Å². The van der Waals surface area contributed by atoms with E-state index < -0.39 is 20.0 Å². The van der Waals surface area contributed by atoms with Crippen molar-refractivity contribution in [1.82, 2.24) is 9.03 Å². The van der Waals surface area contributed by atoms with Crippen molar-refractivity contribution in [3.05, 3.63) is 59.7 Å². The van der Waals surface area contributed by atoms with Gasteiger partial charge in [-0.25, -0.2) is 21.6 Å². The SMILES string of the molecule is CCN(CC)S(=O)(=O)c1ccc(CNS(=O)(=O)c2cccc(C#N)c2)cc1. The molecule has 0 spiro atoms. The van der Waals surface area contributed by atoms with Crippen LogP contribution in [0.2, 0.25) is 0 Å². The first kappa shape index (κ1) is 21.1. The normalized spacial score (nSPS) is 12.1. The van der Waals surface area contributed by atoms with Crippen molar-refractivity contribution in [3.8, 4) is 6.07 Å². The molecule has 0 fully saturated rings. The molecule has 0 aromatic heterocycles. The molecule has 2 aromatic rings. The van der Waals surface area contributed by atoms with E-state index in [2.05, 4.69) is 4.72 Å². The zero-order chi connectivity index (χ0) is 20.1. The predicted molar refractivity (Wildman–Crippen MR) is 102 cm³/mol. The first-order chi connectivity index (χ1) is 12.7. The molecule has 0 amide bonds. The number of nitriles is 1.